The van der Waals surface area contributed by atoms with Crippen LogP contribution < -0.4 is 16.0 Å². The minimum Gasteiger partial charge on any atom is -0.496 e. The average Bonchev–Trinajstić information content (AvgIpc) is 2.88. The van der Waals surface area contributed by atoms with E-state index >= 15 is 0 Å². The summed E-state index contributed by atoms with van der Waals surface area (Å²) in [6.07, 6.45) is 0.972. The fourth-order valence-electron chi connectivity index (χ4n) is 2.13. The summed E-state index contributed by atoms with van der Waals surface area (Å²) in [5.41, 5.74) is 5.11. The predicted octanol–water partition coefficient (Wildman–Crippen LogP) is 3.53. The molecule has 0 aliphatic heterocycles. The van der Waals surface area contributed by atoms with Crippen molar-refractivity contribution in [1.29, 1.82) is 0 Å². The van der Waals surface area contributed by atoms with Gasteiger partial charge < -0.3 is 4.74 Å². The zero-order chi connectivity index (χ0) is 13.8. The molecule has 0 fully saturated rings. The van der Waals surface area contributed by atoms with Gasteiger partial charge in [0, 0.05) is 15.5 Å². The van der Waals surface area contributed by atoms with E-state index < -0.39 is 0 Å². The molecule has 102 valence electrons. The summed E-state index contributed by atoms with van der Waals surface area (Å²) < 4.78 is 5.41. The molecule has 2 rings (SSSR count). The second-order valence-electron chi connectivity index (χ2n) is 4.15. The highest BCUT2D eigenvalue weighted by Gasteiger charge is 2.20. The van der Waals surface area contributed by atoms with Crippen molar-refractivity contribution >= 4 is 22.9 Å². The Kier molecular flexibility index (Phi) is 4.82. The first kappa shape index (κ1) is 14.3. The van der Waals surface area contributed by atoms with Gasteiger partial charge in [0.15, 0.2) is 0 Å². The van der Waals surface area contributed by atoms with Crippen LogP contribution >= 0.6 is 22.9 Å². The number of nitrogens with one attached hydrogen (secondary N) is 1. The molecule has 0 radical (unpaired) electrons. The number of rotatable bonds is 5. The van der Waals surface area contributed by atoms with Crippen molar-refractivity contribution in [2.75, 3.05) is 7.11 Å². The third-order valence-corrected chi connectivity index (χ3v) is 4.35. The summed E-state index contributed by atoms with van der Waals surface area (Å²) >= 11 is 7.77. The van der Waals surface area contributed by atoms with Crippen LogP contribution in [0.1, 0.15) is 29.0 Å². The lowest BCUT2D eigenvalue weighted by molar-refractivity contribution is 0.404. The Hall–Kier alpha value is -1.07. The number of halogens is 1. The third kappa shape index (κ3) is 2.92. The highest BCUT2D eigenvalue weighted by molar-refractivity contribution is 7.10. The monoisotopic (exact) mass is 296 g/mol. The van der Waals surface area contributed by atoms with Gasteiger partial charge >= 0.3 is 0 Å². The lowest BCUT2D eigenvalue weighted by Gasteiger charge is -2.19. The Balaban J connectivity index is 2.50. The van der Waals surface area contributed by atoms with E-state index in [-0.39, 0.29) is 6.04 Å². The molecule has 1 aromatic carbocycles. The van der Waals surface area contributed by atoms with Gasteiger partial charge in [-0.2, -0.15) is 0 Å². The molecule has 1 unspecified atom stereocenters. The fraction of sp³-hybridized carbons (Fsp3) is 0.286. The minimum absolute atomic E-state index is 0.108. The van der Waals surface area contributed by atoms with Gasteiger partial charge in [0.25, 0.3) is 0 Å². The summed E-state index contributed by atoms with van der Waals surface area (Å²) in [5.74, 6) is 6.53. The Labute approximate surface area is 122 Å². The summed E-state index contributed by atoms with van der Waals surface area (Å²) in [4.78, 5) is 1.20. The van der Waals surface area contributed by atoms with Gasteiger partial charge in [0.05, 0.1) is 13.2 Å². The standard InChI is InChI=1S/C14H17ClN2OS/c1-3-9-6-7-19-14(9)13(17-16)11-8-10(15)4-5-12(11)18-2/h4-8,13,17H,3,16H2,1-2H3. The Morgan fingerprint density at radius 2 is 2.21 bits per heavy atom. The van der Waals surface area contributed by atoms with Crippen LogP contribution in [0.25, 0.3) is 0 Å². The topological polar surface area (TPSA) is 47.3 Å². The number of ether oxygens (including phenoxy) is 1. The zero-order valence-corrected chi connectivity index (χ0v) is 12.5. The molecular formula is C14H17ClN2OS. The summed E-state index contributed by atoms with van der Waals surface area (Å²) in [6.45, 7) is 2.13. The van der Waals surface area contributed by atoms with Gasteiger partial charge in [0.1, 0.15) is 5.75 Å². The Morgan fingerprint density at radius 1 is 1.42 bits per heavy atom. The molecule has 19 heavy (non-hydrogen) atoms. The molecule has 3 nitrogen and oxygen atoms in total. The molecule has 5 heteroatoms. The van der Waals surface area contributed by atoms with Crippen molar-refractivity contribution < 1.29 is 4.74 Å². The van der Waals surface area contributed by atoms with E-state index in [0.29, 0.717) is 5.02 Å². The van der Waals surface area contributed by atoms with Crippen LogP contribution in [-0.4, -0.2) is 7.11 Å². The average molecular weight is 297 g/mol. The first-order valence-corrected chi connectivity index (χ1v) is 7.32. The molecule has 1 atom stereocenters. The molecule has 2 aromatic rings. The molecular weight excluding hydrogens is 280 g/mol. The number of hydrogen-bond acceptors (Lipinski definition) is 4. The van der Waals surface area contributed by atoms with E-state index in [9.17, 15) is 0 Å². The number of hydrazine groups is 1. The van der Waals surface area contributed by atoms with Crippen LogP contribution in [0.15, 0.2) is 29.6 Å². The van der Waals surface area contributed by atoms with Crippen LogP contribution in [0.5, 0.6) is 5.75 Å². The normalized spacial score (nSPS) is 12.4. The first-order valence-electron chi connectivity index (χ1n) is 6.07. The molecule has 0 bridgehead atoms. The summed E-state index contributed by atoms with van der Waals surface area (Å²) in [7, 11) is 1.65. The van der Waals surface area contributed by atoms with Gasteiger partial charge in [-0.1, -0.05) is 18.5 Å². The van der Waals surface area contributed by atoms with Crippen molar-refractivity contribution in [3.05, 3.63) is 50.7 Å². The molecule has 0 saturated heterocycles. The molecule has 0 spiro atoms. The smallest absolute Gasteiger partial charge is 0.124 e. The second kappa shape index (κ2) is 6.39. The predicted molar refractivity (Wildman–Crippen MR) is 80.9 cm³/mol. The molecule has 1 aromatic heterocycles. The van der Waals surface area contributed by atoms with Crippen molar-refractivity contribution in [1.82, 2.24) is 5.43 Å². The van der Waals surface area contributed by atoms with E-state index in [0.717, 1.165) is 17.7 Å². The number of methoxy groups -OCH3 is 1. The molecule has 0 aliphatic carbocycles. The van der Waals surface area contributed by atoms with Crippen molar-refractivity contribution in [3.8, 4) is 5.75 Å². The highest BCUT2D eigenvalue weighted by atomic mass is 35.5. The molecule has 0 amide bonds. The van der Waals surface area contributed by atoms with Gasteiger partial charge in [-0.15, -0.1) is 11.3 Å². The van der Waals surface area contributed by atoms with Crippen LogP contribution in [0.2, 0.25) is 5.02 Å². The number of aryl methyl sites for hydroxylation is 1. The lowest BCUT2D eigenvalue weighted by Crippen LogP contribution is -2.29. The van der Waals surface area contributed by atoms with Crippen LogP contribution in [0, 0.1) is 0 Å². The van der Waals surface area contributed by atoms with Crippen molar-refractivity contribution in [2.24, 2.45) is 5.84 Å². The van der Waals surface area contributed by atoms with Crippen LogP contribution in [0.4, 0.5) is 0 Å². The molecule has 0 saturated carbocycles. The number of benzene rings is 1. The molecule has 3 N–H and O–H groups in total. The number of hydrogen-bond donors (Lipinski definition) is 2. The zero-order valence-electron chi connectivity index (χ0n) is 10.9. The highest BCUT2D eigenvalue weighted by Crippen LogP contribution is 2.35. The number of thiophene rings is 1. The van der Waals surface area contributed by atoms with Gasteiger partial charge in [-0.25, -0.2) is 5.43 Å². The lowest BCUT2D eigenvalue weighted by atomic mass is 10.0. The van der Waals surface area contributed by atoms with Crippen LogP contribution in [0.3, 0.4) is 0 Å². The van der Waals surface area contributed by atoms with E-state index in [4.69, 9.17) is 22.2 Å². The third-order valence-electron chi connectivity index (χ3n) is 3.09. The molecule has 1 heterocycles. The first-order chi connectivity index (χ1) is 9.21. The van der Waals surface area contributed by atoms with Gasteiger partial charge in [-0.3, -0.25) is 5.84 Å². The van der Waals surface area contributed by atoms with Crippen molar-refractivity contribution in [3.63, 3.8) is 0 Å². The summed E-state index contributed by atoms with van der Waals surface area (Å²) in [6, 6.07) is 7.59. The minimum atomic E-state index is -0.108. The quantitative estimate of drug-likeness (QED) is 0.655. The maximum Gasteiger partial charge on any atom is 0.124 e. The van der Waals surface area contributed by atoms with Gasteiger partial charge in [-0.05, 0) is 41.6 Å². The van der Waals surface area contributed by atoms with Crippen molar-refractivity contribution in [2.45, 2.75) is 19.4 Å². The number of nitrogens with two attached hydrogens (primary N) is 1. The SMILES string of the molecule is CCc1ccsc1C(NN)c1cc(Cl)ccc1OC. The van der Waals surface area contributed by atoms with E-state index in [1.54, 1.807) is 18.4 Å². The maximum absolute atomic E-state index is 6.09. The Morgan fingerprint density at radius 3 is 2.84 bits per heavy atom. The fourth-order valence-corrected chi connectivity index (χ4v) is 3.38. The maximum atomic E-state index is 6.09. The largest absolute Gasteiger partial charge is 0.496 e. The second-order valence-corrected chi connectivity index (χ2v) is 5.53. The van der Waals surface area contributed by atoms with Crippen LogP contribution in [-0.2, 0) is 6.42 Å². The molecule has 0 aliphatic rings. The van der Waals surface area contributed by atoms with E-state index in [1.807, 2.05) is 18.2 Å². The van der Waals surface area contributed by atoms with E-state index in [1.165, 1.54) is 10.4 Å². The summed E-state index contributed by atoms with van der Waals surface area (Å²) in [5, 5.41) is 2.75. The Bertz CT molecular complexity index is 556. The van der Waals surface area contributed by atoms with E-state index in [2.05, 4.69) is 23.8 Å². The van der Waals surface area contributed by atoms with Gasteiger partial charge in [0.2, 0.25) is 0 Å².